The van der Waals surface area contributed by atoms with Crippen molar-refractivity contribution in [2.75, 3.05) is 6.54 Å². The zero-order valence-corrected chi connectivity index (χ0v) is 7.42. The van der Waals surface area contributed by atoms with E-state index in [9.17, 15) is 4.79 Å². The number of hydrogen-bond acceptors (Lipinski definition) is 2. The zero-order valence-electron chi connectivity index (χ0n) is 7.42. The normalized spacial score (nSPS) is 16.7. The summed E-state index contributed by atoms with van der Waals surface area (Å²) in [6.07, 6.45) is 0.829. The molecule has 0 aromatic heterocycles. The molecule has 0 aromatic carbocycles. The van der Waals surface area contributed by atoms with Gasteiger partial charge in [-0.25, -0.2) is 0 Å². The molecule has 3 heteroatoms. The zero-order chi connectivity index (χ0) is 9.14. The molecular weight excluding hydrogens is 154 g/mol. The summed E-state index contributed by atoms with van der Waals surface area (Å²) in [7, 11) is 0. The average molecular weight is 167 g/mol. The Balaban J connectivity index is 2.56. The third-order valence-corrected chi connectivity index (χ3v) is 2.09. The summed E-state index contributed by atoms with van der Waals surface area (Å²) in [5.41, 5.74) is 3.36. The highest BCUT2D eigenvalue weighted by molar-refractivity contribution is 6.01. The van der Waals surface area contributed by atoms with Crippen molar-refractivity contribution in [1.82, 2.24) is 0 Å². The van der Waals surface area contributed by atoms with Gasteiger partial charge in [0.2, 0.25) is 0 Å². The summed E-state index contributed by atoms with van der Waals surface area (Å²) in [6.45, 7) is 4.70. The summed E-state index contributed by atoms with van der Waals surface area (Å²) in [6, 6.07) is 0. The SMILES string of the molecule is CC1=NCC(C)=C1CCC(=O)O. The lowest BCUT2D eigenvalue weighted by Gasteiger charge is -2.01. The van der Waals surface area contributed by atoms with Crippen molar-refractivity contribution in [2.24, 2.45) is 4.99 Å². The molecule has 12 heavy (non-hydrogen) atoms. The van der Waals surface area contributed by atoms with Gasteiger partial charge in [-0.05, 0) is 31.4 Å². The Bertz CT molecular complexity index is 264. The van der Waals surface area contributed by atoms with Gasteiger partial charge >= 0.3 is 5.97 Å². The number of carbonyl (C=O) groups is 1. The van der Waals surface area contributed by atoms with Gasteiger partial charge in [0.15, 0.2) is 0 Å². The summed E-state index contributed by atoms with van der Waals surface area (Å²) >= 11 is 0. The molecule has 0 aliphatic carbocycles. The molecule has 0 aromatic rings. The van der Waals surface area contributed by atoms with Gasteiger partial charge in [-0.1, -0.05) is 0 Å². The number of hydrogen-bond donors (Lipinski definition) is 1. The monoisotopic (exact) mass is 167 g/mol. The fraction of sp³-hybridized carbons (Fsp3) is 0.556. The number of allylic oxidation sites excluding steroid dienone is 1. The molecule has 66 valence electrons. The number of nitrogens with zero attached hydrogens (tertiary/aromatic N) is 1. The van der Waals surface area contributed by atoms with E-state index in [2.05, 4.69) is 4.99 Å². The van der Waals surface area contributed by atoms with Gasteiger partial charge in [0.1, 0.15) is 0 Å². The molecule has 0 radical (unpaired) electrons. The molecule has 1 aliphatic rings. The van der Waals surface area contributed by atoms with Crippen molar-refractivity contribution in [1.29, 1.82) is 0 Å². The minimum atomic E-state index is -0.741. The second kappa shape index (κ2) is 3.52. The van der Waals surface area contributed by atoms with Crippen LogP contribution in [0.2, 0.25) is 0 Å². The van der Waals surface area contributed by atoms with E-state index >= 15 is 0 Å². The van der Waals surface area contributed by atoms with Crippen molar-refractivity contribution in [3.05, 3.63) is 11.1 Å². The number of rotatable bonds is 3. The van der Waals surface area contributed by atoms with E-state index in [0.717, 1.165) is 17.8 Å². The van der Waals surface area contributed by atoms with Gasteiger partial charge in [-0.15, -0.1) is 0 Å². The predicted molar refractivity (Wildman–Crippen MR) is 47.5 cm³/mol. The lowest BCUT2D eigenvalue weighted by Crippen LogP contribution is -2.00. The van der Waals surface area contributed by atoms with E-state index < -0.39 is 5.97 Å². The number of aliphatic imine (C=N–C) groups is 1. The molecule has 3 nitrogen and oxygen atoms in total. The van der Waals surface area contributed by atoms with Gasteiger partial charge < -0.3 is 5.11 Å². The maximum Gasteiger partial charge on any atom is 0.303 e. The van der Waals surface area contributed by atoms with Crippen LogP contribution in [0.3, 0.4) is 0 Å². The number of carboxylic acid groups (broad SMARTS) is 1. The summed E-state index contributed by atoms with van der Waals surface area (Å²) < 4.78 is 0. The van der Waals surface area contributed by atoms with Crippen LogP contribution in [0.4, 0.5) is 0 Å². The Morgan fingerprint density at radius 3 is 2.67 bits per heavy atom. The Morgan fingerprint density at radius 1 is 1.58 bits per heavy atom. The largest absolute Gasteiger partial charge is 0.481 e. The van der Waals surface area contributed by atoms with Gasteiger partial charge in [-0.3, -0.25) is 9.79 Å². The Hall–Kier alpha value is -1.12. The minimum Gasteiger partial charge on any atom is -0.481 e. The van der Waals surface area contributed by atoms with Crippen LogP contribution in [-0.4, -0.2) is 23.3 Å². The molecule has 0 saturated heterocycles. The smallest absolute Gasteiger partial charge is 0.303 e. The first-order valence-electron chi connectivity index (χ1n) is 4.03. The first-order chi connectivity index (χ1) is 5.61. The van der Waals surface area contributed by atoms with E-state index in [4.69, 9.17) is 5.11 Å². The summed E-state index contributed by atoms with van der Waals surface area (Å²) in [5, 5.41) is 8.48. The highest BCUT2D eigenvalue weighted by atomic mass is 16.4. The molecule has 1 N–H and O–H groups in total. The van der Waals surface area contributed by atoms with Gasteiger partial charge in [0, 0.05) is 12.1 Å². The van der Waals surface area contributed by atoms with E-state index in [-0.39, 0.29) is 6.42 Å². The standard InChI is InChI=1S/C9H13NO2/c1-6-5-10-7(2)8(6)3-4-9(11)12/h3-5H2,1-2H3,(H,11,12). The molecule has 1 rings (SSSR count). The molecule has 0 amide bonds. The maximum atomic E-state index is 10.3. The molecule has 1 aliphatic heterocycles. The van der Waals surface area contributed by atoms with Gasteiger partial charge in [0.05, 0.1) is 6.54 Å². The first-order valence-corrected chi connectivity index (χ1v) is 4.03. The van der Waals surface area contributed by atoms with E-state index in [1.165, 1.54) is 5.57 Å². The molecule has 0 atom stereocenters. The lowest BCUT2D eigenvalue weighted by molar-refractivity contribution is -0.136. The topological polar surface area (TPSA) is 49.7 Å². The van der Waals surface area contributed by atoms with E-state index in [0.29, 0.717) is 6.42 Å². The molecule has 0 spiro atoms. The van der Waals surface area contributed by atoms with Crippen LogP contribution in [0.5, 0.6) is 0 Å². The lowest BCUT2D eigenvalue weighted by atomic mass is 10.0. The number of carboxylic acids is 1. The Morgan fingerprint density at radius 2 is 2.25 bits per heavy atom. The van der Waals surface area contributed by atoms with Crippen LogP contribution in [0.25, 0.3) is 0 Å². The molecule has 0 bridgehead atoms. The Labute approximate surface area is 71.8 Å². The molecule has 0 saturated carbocycles. The molecule has 1 heterocycles. The van der Waals surface area contributed by atoms with E-state index in [1.807, 2.05) is 13.8 Å². The van der Waals surface area contributed by atoms with Crippen molar-refractivity contribution < 1.29 is 9.90 Å². The Kier molecular flexibility index (Phi) is 2.63. The van der Waals surface area contributed by atoms with Crippen molar-refractivity contribution in [3.8, 4) is 0 Å². The van der Waals surface area contributed by atoms with Crippen molar-refractivity contribution in [2.45, 2.75) is 26.7 Å². The fourth-order valence-electron chi connectivity index (χ4n) is 1.36. The molecular formula is C9H13NO2. The maximum absolute atomic E-state index is 10.3. The van der Waals surface area contributed by atoms with Crippen LogP contribution < -0.4 is 0 Å². The number of aliphatic carboxylic acids is 1. The second-order valence-corrected chi connectivity index (χ2v) is 3.05. The van der Waals surface area contributed by atoms with Crippen molar-refractivity contribution >= 4 is 11.7 Å². The van der Waals surface area contributed by atoms with Crippen LogP contribution >= 0.6 is 0 Å². The quantitative estimate of drug-likeness (QED) is 0.694. The molecule has 0 unspecified atom stereocenters. The fourth-order valence-corrected chi connectivity index (χ4v) is 1.36. The summed E-state index contributed by atoms with van der Waals surface area (Å²) in [5.74, 6) is -0.741. The van der Waals surface area contributed by atoms with Crippen LogP contribution in [0.15, 0.2) is 16.1 Å². The second-order valence-electron chi connectivity index (χ2n) is 3.05. The average Bonchev–Trinajstić information content (AvgIpc) is 2.28. The summed E-state index contributed by atoms with van der Waals surface area (Å²) in [4.78, 5) is 14.5. The highest BCUT2D eigenvalue weighted by Crippen LogP contribution is 2.19. The predicted octanol–water partition coefficient (Wildman–Crippen LogP) is 1.64. The van der Waals surface area contributed by atoms with Crippen LogP contribution in [0.1, 0.15) is 26.7 Å². The van der Waals surface area contributed by atoms with Crippen LogP contribution in [-0.2, 0) is 4.79 Å². The third-order valence-electron chi connectivity index (χ3n) is 2.09. The van der Waals surface area contributed by atoms with Gasteiger partial charge in [-0.2, -0.15) is 0 Å². The molecule has 0 fully saturated rings. The minimum absolute atomic E-state index is 0.208. The highest BCUT2D eigenvalue weighted by Gasteiger charge is 2.13. The third kappa shape index (κ3) is 1.94. The van der Waals surface area contributed by atoms with Crippen molar-refractivity contribution in [3.63, 3.8) is 0 Å². The van der Waals surface area contributed by atoms with E-state index in [1.54, 1.807) is 0 Å². The first kappa shape index (κ1) is 8.97. The van der Waals surface area contributed by atoms with Gasteiger partial charge in [0.25, 0.3) is 0 Å². The van der Waals surface area contributed by atoms with Crippen LogP contribution in [0, 0.1) is 0 Å².